The Morgan fingerprint density at radius 2 is 1.77 bits per heavy atom. The van der Waals surface area contributed by atoms with Crippen LogP contribution in [0.4, 0.5) is 11.4 Å². The van der Waals surface area contributed by atoms with Crippen LogP contribution >= 0.6 is 23.8 Å². The Morgan fingerprint density at radius 1 is 1.10 bits per heavy atom. The number of aryl methyl sites for hydroxylation is 1. The van der Waals surface area contributed by atoms with Crippen molar-refractivity contribution in [2.45, 2.75) is 6.92 Å². The number of para-hydroxylation sites is 2. The van der Waals surface area contributed by atoms with Crippen molar-refractivity contribution in [1.82, 2.24) is 9.62 Å². The van der Waals surface area contributed by atoms with Gasteiger partial charge in [0.2, 0.25) is 10.0 Å². The van der Waals surface area contributed by atoms with Gasteiger partial charge in [0.1, 0.15) is 0 Å². The minimum Gasteiger partial charge on any atom is -0.367 e. The third-order valence-corrected chi connectivity index (χ3v) is 6.78. The molecule has 2 aromatic rings. The van der Waals surface area contributed by atoms with E-state index in [2.05, 4.69) is 15.5 Å². The van der Waals surface area contributed by atoms with Crippen molar-refractivity contribution >= 4 is 56.2 Å². The number of rotatable bonds is 4. The molecule has 7 nitrogen and oxygen atoms in total. The fraction of sp³-hybridized carbons (Fsp3) is 0.300. The number of piperazine rings is 1. The average molecular weight is 467 g/mol. The average Bonchev–Trinajstić information content (AvgIpc) is 2.70. The number of benzene rings is 2. The minimum absolute atomic E-state index is 0.166. The molecular formula is C20H23ClN4O3S2. The van der Waals surface area contributed by atoms with Crippen LogP contribution in [0, 0.1) is 6.92 Å². The molecule has 0 unspecified atom stereocenters. The number of thiocarbonyl (C=S) groups is 1. The second kappa shape index (κ2) is 9.30. The molecule has 1 saturated heterocycles. The fourth-order valence-electron chi connectivity index (χ4n) is 3.18. The summed E-state index contributed by atoms with van der Waals surface area (Å²) in [5, 5.41) is 6.41. The molecule has 0 aliphatic carbocycles. The standard InChI is InChI=1S/C20H23ClN4O3S2/c1-14-7-8-15(13-16(14)21)19(26)23-20(29)22-17-5-3-4-6-18(17)24-9-11-25(12-10-24)30(2,27)28/h3-8,13H,9-12H2,1-2H3,(H2,22,23,26,29). The number of hydrogen-bond donors (Lipinski definition) is 2. The van der Waals surface area contributed by atoms with E-state index >= 15 is 0 Å². The number of anilines is 2. The van der Waals surface area contributed by atoms with Gasteiger partial charge >= 0.3 is 0 Å². The van der Waals surface area contributed by atoms with Gasteiger partial charge in [0.05, 0.1) is 17.6 Å². The highest BCUT2D eigenvalue weighted by atomic mass is 35.5. The summed E-state index contributed by atoms with van der Waals surface area (Å²) in [4.78, 5) is 14.5. The van der Waals surface area contributed by atoms with Gasteiger partial charge < -0.3 is 10.2 Å². The number of halogens is 1. The molecule has 10 heteroatoms. The fourth-order valence-corrected chi connectivity index (χ4v) is 4.39. The molecule has 0 bridgehead atoms. The summed E-state index contributed by atoms with van der Waals surface area (Å²) in [6.07, 6.45) is 1.22. The third-order valence-electron chi connectivity index (χ3n) is 4.86. The summed E-state index contributed by atoms with van der Waals surface area (Å²) in [5.74, 6) is -0.353. The third kappa shape index (κ3) is 5.48. The van der Waals surface area contributed by atoms with Crippen LogP contribution in [0.15, 0.2) is 42.5 Å². The highest BCUT2D eigenvalue weighted by Crippen LogP contribution is 2.27. The first-order valence-corrected chi connectivity index (χ1v) is 12.0. The van der Waals surface area contributed by atoms with Gasteiger partial charge in [0, 0.05) is 36.8 Å². The molecule has 0 atom stereocenters. The van der Waals surface area contributed by atoms with Crippen molar-refractivity contribution < 1.29 is 13.2 Å². The molecule has 0 aromatic heterocycles. The Labute approximate surface area is 187 Å². The molecule has 1 heterocycles. The monoisotopic (exact) mass is 466 g/mol. The molecule has 1 aliphatic rings. The van der Waals surface area contributed by atoms with Crippen molar-refractivity contribution in [3.05, 3.63) is 58.6 Å². The number of hydrogen-bond acceptors (Lipinski definition) is 5. The smallest absolute Gasteiger partial charge is 0.257 e. The zero-order valence-electron chi connectivity index (χ0n) is 16.7. The SMILES string of the molecule is Cc1ccc(C(=O)NC(=S)Nc2ccccc2N2CCN(S(C)(=O)=O)CC2)cc1Cl. The lowest BCUT2D eigenvalue weighted by molar-refractivity contribution is 0.0977. The molecule has 2 aromatic carbocycles. The normalized spacial score (nSPS) is 15.0. The van der Waals surface area contributed by atoms with Crippen molar-refractivity contribution in [1.29, 1.82) is 0 Å². The molecule has 160 valence electrons. The zero-order chi connectivity index (χ0) is 21.9. The number of nitrogens with zero attached hydrogens (tertiary/aromatic N) is 2. The van der Waals surface area contributed by atoms with Gasteiger partial charge in [-0.05, 0) is 49.0 Å². The summed E-state index contributed by atoms with van der Waals surface area (Å²) in [6, 6.07) is 12.6. The molecular weight excluding hydrogens is 444 g/mol. The summed E-state index contributed by atoms with van der Waals surface area (Å²) in [7, 11) is -3.19. The van der Waals surface area contributed by atoms with Crippen molar-refractivity contribution in [3.8, 4) is 0 Å². The van der Waals surface area contributed by atoms with Gasteiger partial charge in [0.15, 0.2) is 5.11 Å². The van der Waals surface area contributed by atoms with Gasteiger partial charge in [-0.1, -0.05) is 29.8 Å². The van der Waals surface area contributed by atoms with Gasteiger partial charge in [-0.25, -0.2) is 8.42 Å². The van der Waals surface area contributed by atoms with Crippen LogP contribution < -0.4 is 15.5 Å². The Balaban J connectivity index is 1.67. The van der Waals surface area contributed by atoms with E-state index in [0.29, 0.717) is 36.8 Å². The molecule has 3 rings (SSSR count). The lowest BCUT2D eigenvalue weighted by Crippen LogP contribution is -2.48. The van der Waals surface area contributed by atoms with E-state index in [-0.39, 0.29) is 11.0 Å². The van der Waals surface area contributed by atoms with E-state index in [4.69, 9.17) is 23.8 Å². The lowest BCUT2D eigenvalue weighted by atomic mass is 10.1. The maximum Gasteiger partial charge on any atom is 0.257 e. The Kier molecular flexibility index (Phi) is 6.97. The Morgan fingerprint density at radius 3 is 2.40 bits per heavy atom. The maximum atomic E-state index is 12.5. The number of sulfonamides is 1. The first-order valence-electron chi connectivity index (χ1n) is 9.33. The lowest BCUT2D eigenvalue weighted by Gasteiger charge is -2.35. The van der Waals surface area contributed by atoms with Crippen LogP contribution in [0.5, 0.6) is 0 Å². The van der Waals surface area contributed by atoms with Gasteiger partial charge in [-0.2, -0.15) is 4.31 Å². The summed E-state index contributed by atoms with van der Waals surface area (Å²) >= 11 is 11.4. The van der Waals surface area contributed by atoms with E-state index in [1.54, 1.807) is 18.2 Å². The highest BCUT2D eigenvalue weighted by Gasteiger charge is 2.24. The largest absolute Gasteiger partial charge is 0.367 e. The van der Waals surface area contributed by atoms with Gasteiger partial charge in [0.25, 0.3) is 5.91 Å². The summed E-state index contributed by atoms with van der Waals surface area (Å²) in [5.41, 5.74) is 2.93. The minimum atomic E-state index is -3.19. The predicted molar refractivity (Wildman–Crippen MR) is 125 cm³/mol. The van der Waals surface area contributed by atoms with E-state index < -0.39 is 10.0 Å². The van der Waals surface area contributed by atoms with E-state index in [1.807, 2.05) is 31.2 Å². The Hall–Kier alpha value is -2.20. The van der Waals surface area contributed by atoms with Crippen LogP contribution in [-0.4, -0.2) is 56.2 Å². The van der Waals surface area contributed by atoms with Crippen LogP contribution in [-0.2, 0) is 10.0 Å². The zero-order valence-corrected chi connectivity index (χ0v) is 19.1. The van der Waals surface area contributed by atoms with E-state index in [1.165, 1.54) is 10.6 Å². The number of carbonyl (C=O) groups is 1. The Bertz CT molecular complexity index is 1070. The molecule has 30 heavy (non-hydrogen) atoms. The number of amides is 1. The van der Waals surface area contributed by atoms with Crippen LogP contribution in [0.25, 0.3) is 0 Å². The van der Waals surface area contributed by atoms with Crippen molar-refractivity contribution in [2.75, 3.05) is 42.7 Å². The highest BCUT2D eigenvalue weighted by molar-refractivity contribution is 7.88. The summed E-state index contributed by atoms with van der Waals surface area (Å²) < 4.78 is 24.9. The predicted octanol–water partition coefficient (Wildman–Crippen LogP) is 2.86. The summed E-state index contributed by atoms with van der Waals surface area (Å²) in [6.45, 7) is 3.83. The molecule has 1 fully saturated rings. The molecule has 1 aliphatic heterocycles. The molecule has 1 amide bonds. The first kappa shape index (κ1) is 22.5. The topological polar surface area (TPSA) is 81.8 Å². The quantitative estimate of drug-likeness (QED) is 0.674. The van der Waals surface area contributed by atoms with Gasteiger partial charge in [-0.3, -0.25) is 10.1 Å². The molecule has 0 spiro atoms. The molecule has 0 saturated carbocycles. The van der Waals surface area contributed by atoms with Gasteiger partial charge in [-0.15, -0.1) is 0 Å². The van der Waals surface area contributed by atoms with Crippen LogP contribution in [0.3, 0.4) is 0 Å². The first-order chi connectivity index (χ1) is 14.1. The van der Waals surface area contributed by atoms with Crippen LogP contribution in [0.2, 0.25) is 5.02 Å². The van der Waals surface area contributed by atoms with E-state index in [0.717, 1.165) is 16.9 Å². The van der Waals surface area contributed by atoms with E-state index in [9.17, 15) is 13.2 Å². The van der Waals surface area contributed by atoms with Crippen molar-refractivity contribution in [2.24, 2.45) is 0 Å². The second-order valence-corrected chi connectivity index (χ2v) is 9.84. The van der Waals surface area contributed by atoms with Crippen molar-refractivity contribution in [3.63, 3.8) is 0 Å². The van der Waals surface area contributed by atoms with Crippen LogP contribution in [0.1, 0.15) is 15.9 Å². The second-order valence-electron chi connectivity index (χ2n) is 7.04. The molecule has 2 N–H and O–H groups in total. The number of carbonyl (C=O) groups excluding carboxylic acids is 1. The molecule has 0 radical (unpaired) electrons. The maximum absolute atomic E-state index is 12.5. The number of nitrogens with one attached hydrogen (secondary N) is 2.